The molecule has 0 bridgehead atoms. The van der Waals surface area contributed by atoms with E-state index in [1.807, 2.05) is 6.08 Å². The van der Waals surface area contributed by atoms with Gasteiger partial charge in [0, 0.05) is 12.0 Å². The summed E-state index contributed by atoms with van der Waals surface area (Å²) in [4.78, 5) is 22.3. The second-order valence-corrected chi connectivity index (χ2v) is 5.93. The molecular weight excluding hydrogens is 316 g/mol. The van der Waals surface area contributed by atoms with Crippen LogP contribution in [0, 0.1) is 11.8 Å². The number of esters is 1. The minimum Gasteiger partial charge on any atom is -0.545 e. The van der Waals surface area contributed by atoms with Crippen molar-refractivity contribution in [3.8, 4) is 11.8 Å². The van der Waals surface area contributed by atoms with E-state index in [4.69, 9.17) is 4.74 Å². The van der Waals surface area contributed by atoms with Crippen molar-refractivity contribution in [3.63, 3.8) is 0 Å². The van der Waals surface area contributed by atoms with Gasteiger partial charge in [-0.2, -0.15) is 0 Å². The molecule has 1 aromatic rings. The van der Waals surface area contributed by atoms with Crippen LogP contribution in [0.1, 0.15) is 55.5 Å². The van der Waals surface area contributed by atoms with Crippen molar-refractivity contribution < 1.29 is 19.4 Å². The number of carboxylic acid groups (broad SMARTS) is 1. The Bertz CT molecular complexity index is 757. The van der Waals surface area contributed by atoms with Gasteiger partial charge >= 0.3 is 5.97 Å². The first-order valence-electron chi connectivity index (χ1n) is 8.40. The van der Waals surface area contributed by atoms with Gasteiger partial charge in [0.05, 0.1) is 5.97 Å². The Labute approximate surface area is 148 Å². The van der Waals surface area contributed by atoms with Crippen LogP contribution in [0.4, 0.5) is 0 Å². The van der Waals surface area contributed by atoms with E-state index in [1.54, 1.807) is 25.1 Å². The van der Waals surface area contributed by atoms with Crippen LogP contribution in [0.25, 0.3) is 0 Å². The van der Waals surface area contributed by atoms with E-state index >= 15 is 0 Å². The molecule has 1 atom stereocenters. The lowest BCUT2D eigenvalue weighted by atomic mass is 9.90. The summed E-state index contributed by atoms with van der Waals surface area (Å²) in [5.74, 6) is 4.50. The Morgan fingerprint density at radius 3 is 2.68 bits per heavy atom. The summed E-state index contributed by atoms with van der Waals surface area (Å²) in [6.45, 7) is 3.84. The molecule has 0 saturated heterocycles. The number of ether oxygens (including phenoxy) is 1. The van der Waals surface area contributed by atoms with Gasteiger partial charge in [0.25, 0.3) is 0 Å². The molecular formula is C21H21O4-. The van der Waals surface area contributed by atoms with Crippen molar-refractivity contribution in [1.82, 2.24) is 0 Å². The molecule has 0 radical (unpaired) electrons. The molecule has 1 aromatic carbocycles. The lowest BCUT2D eigenvalue weighted by Crippen LogP contribution is -2.23. The number of benzene rings is 1. The highest BCUT2D eigenvalue weighted by Gasteiger charge is 2.22. The standard InChI is InChI=1S/C21H22O4/c1-3-20(22)25-19-10-6-7-15(2)18(19)9-5-4-8-16-11-13-17(14-12-16)21(23)24/h5,9,11-14,19H,3,6-7,10H2,1-2H3,(H,23,24)/p-1/b9-5+. The first-order chi connectivity index (χ1) is 12.0. The zero-order valence-electron chi connectivity index (χ0n) is 14.5. The van der Waals surface area contributed by atoms with Gasteiger partial charge in [-0.05, 0) is 61.6 Å². The van der Waals surface area contributed by atoms with Crippen LogP contribution in [0.2, 0.25) is 0 Å². The van der Waals surface area contributed by atoms with E-state index in [1.165, 1.54) is 17.7 Å². The highest BCUT2D eigenvalue weighted by atomic mass is 16.5. The average molecular weight is 337 g/mol. The number of rotatable bonds is 4. The predicted octanol–water partition coefficient (Wildman–Crippen LogP) is 2.78. The van der Waals surface area contributed by atoms with Crippen LogP contribution in [0.5, 0.6) is 0 Å². The van der Waals surface area contributed by atoms with Gasteiger partial charge in [-0.3, -0.25) is 4.79 Å². The quantitative estimate of drug-likeness (QED) is 0.626. The summed E-state index contributed by atoms with van der Waals surface area (Å²) in [7, 11) is 0. The number of allylic oxidation sites excluding steroid dienone is 2. The van der Waals surface area contributed by atoms with Crippen molar-refractivity contribution in [1.29, 1.82) is 0 Å². The molecule has 1 unspecified atom stereocenters. The molecule has 4 nitrogen and oxygen atoms in total. The van der Waals surface area contributed by atoms with E-state index in [0.29, 0.717) is 6.42 Å². The molecule has 130 valence electrons. The molecule has 0 aliphatic heterocycles. The molecule has 1 aliphatic carbocycles. The number of aromatic carboxylic acids is 1. The van der Waals surface area contributed by atoms with E-state index in [0.717, 1.165) is 30.4 Å². The number of hydrogen-bond donors (Lipinski definition) is 0. The Kier molecular flexibility index (Phi) is 6.59. The monoisotopic (exact) mass is 337 g/mol. The van der Waals surface area contributed by atoms with Crippen molar-refractivity contribution in [2.24, 2.45) is 0 Å². The molecule has 0 spiro atoms. The number of hydrogen-bond acceptors (Lipinski definition) is 4. The van der Waals surface area contributed by atoms with E-state index in [-0.39, 0.29) is 17.6 Å². The van der Waals surface area contributed by atoms with Crippen molar-refractivity contribution >= 4 is 11.9 Å². The van der Waals surface area contributed by atoms with Crippen molar-refractivity contribution in [3.05, 3.63) is 58.7 Å². The van der Waals surface area contributed by atoms with Crippen LogP contribution in [0.15, 0.2) is 47.6 Å². The Balaban J connectivity index is 2.08. The van der Waals surface area contributed by atoms with Crippen molar-refractivity contribution in [2.75, 3.05) is 0 Å². The van der Waals surface area contributed by atoms with Gasteiger partial charge in [0.1, 0.15) is 6.10 Å². The smallest absolute Gasteiger partial charge is 0.306 e. The third-order valence-electron chi connectivity index (χ3n) is 4.10. The van der Waals surface area contributed by atoms with Gasteiger partial charge in [-0.15, -0.1) is 0 Å². The highest BCUT2D eigenvalue weighted by molar-refractivity contribution is 5.85. The molecule has 0 saturated carbocycles. The summed E-state index contributed by atoms with van der Waals surface area (Å²) >= 11 is 0. The largest absolute Gasteiger partial charge is 0.545 e. The van der Waals surface area contributed by atoms with Crippen molar-refractivity contribution in [2.45, 2.75) is 45.6 Å². The van der Waals surface area contributed by atoms with Gasteiger partial charge in [0.15, 0.2) is 0 Å². The zero-order valence-corrected chi connectivity index (χ0v) is 14.5. The molecule has 0 amide bonds. The third-order valence-corrected chi connectivity index (χ3v) is 4.10. The summed E-state index contributed by atoms with van der Waals surface area (Å²) in [5, 5.41) is 10.7. The fraction of sp³-hybridized carbons (Fsp3) is 0.333. The minimum atomic E-state index is -1.20. The van der Waals surface area contributed by atoms with Crippen LogP contribution < -0.4 is 5.11 Å². The molecule has 0 N–H and O–H groups in total. The summed E-state index contributed by atoms with van der Waals surface area (Å²) < 4.78 is 5.52. The van der Waals surface area contributed by atoms with E-state index in [9.17, 15) is 14.7 Å². The van der Waals surface area contributed by atoms with Gasteiger partial charge in [0.2, 0.25) is 0 Å². The topological polar surface area (TPSA) is 66.4 Å². The molecule has 2 rings (SSSR count). The Morgan fingerprint density at radius 2 is 2.04 bits per heavy atom. The van der Waals surface area contributed by atoms with Crippen LogP contribution in [-0.4, -0.2) is 18.0 Å². The summed E-state index contributed by atoms with van der Waals surface area (Å²) in [6.07, 6.45) is 6.67. The lowest BCUT2D eigenvalue weighted by Gasteiger charge is -2.25. The fourth-order valence-electron chi connectivity index (χ4n) is 2.69. The number of carbonyl (C=O) groups excluding carboxylic acids is 2. The number of carboxylic acids is 1. The highest BCUT2D eigenvalue weighted by Crippen LogP contribution is 2.28. The molecule has 0 heterocycles. The van der Waals surface area contributed by atoms with E-state index < -0.39 is 5.97 Å². The summed E-state index contributed by atoms with van der Waals surface area (Å²) in [5.41, 5.74) is 3.09. The lowest BCUT2D eigenvalue weighted by molar-refractivity contribution is -0.255. The second-order valence-electron chi connectivity index (χ2n) is 5.93. The number of carbonyl (C=O) groups is 2. The summed E-state index contributed by atoms with van der Waals surface area (Å²) in [6, 6.07) is 6.22. The molecule has 25 heavy (non-hydrogen) atoms. The first-order valence-corrected chi connectivity index (χ1v) is 8.40. The van der Waals surface area contributed by atoms with E-state index in [2.05, 4.69) is 18.8 Å². The molecule has 4 heteroatoms. The van der Waals surface area contributed by atoms with Crippen LogP contribution in [0.3, 0.4) is 0 Å². The molecule has 1 aliphatic rings. The first kappa shape index (κ1) is 18.5. The molecule has 0 aromatic heterocycles. The maximum Gasteiger partial charge on any atom is 0.306 e. The fourth-order valence-corrected chi connectivity index (χ4v) is 2.69. The second kappa shape index (κ2) is 8.89. The maximum atomic E-state index is 11.6. The van der Waals surface area contributed by atoms with Crippen LogP contribution in [-0.2, 0) is 9.53 Å². The van der Waals surface area contributed by atoms with Gasteiger partial charge in [-0.1, -0.05) is 36.5 Å². The Morgan fingerprint density at radius 1 is 1.32 bits per heavy atom. The third kappa shape index (κ3) is 5.36. The van der Waals surface area contributed by atoms with Crippen LogP contribution >= 0.6 is 0 Å². The minimum absolute atomic E-state index is 0.129. The average Bonchev–Trinajstić information content (AvgIpc) is 2.60. The normalized spacial score (nSPS) is 17.1. The SMILES string of the molecule is CCC(=O)OC1CCCC(C)=C1/C=C/C#Cc1ccc(C(=O)[O-])cc1. The maximum absolute atomic E-state index is 11.6. The van der Waals surface area contributed by atoms with Gasteiger partial charge < -0.3 is 14.6 Å². The van der Waals surface area contributed by atoms with Gasteiger partial charge in [-0.25, -0.2) is 0 Å². The Hall–Kier alpha value is -2.80. The zero-order chi connectivity index (χ0) is 18.2. The molecule has 0 fully saturated rings. The predicted molar refractivity (Wildman–Crippen MR) is 93.5 cm³/mol.